The second kappa shape index (κ2) is 6.45. The van der Waals surface area contributed by atoms with Gasteiger partial charge in [-0.1, -0.05) is 23.7 Å². The van der Waals surface area contributed by atoms with Crippen LogP contribution in [-0.2, 0) is 6.61 Å². The van der Waals surface area contributed by atoms with Gasteiger partial charge in [0, 0.05) is 10.6 Å². The maximum atomic E-state index is 14.0. The average molecular weight is 311 g/mol. The van der Waals surface area contributed by atoms with E-state index in [1.54, 1.807) is 6.07 Å². The van der Waals surface area contributed by atoms with Crippen LogP contribution in [0, 0.1) is 5.82 Å². The summed E-state index contributed by atoms with van der Waals surface area (Å²) < 4.78 is 24.2. The number of carboxylic acids is 1. The highest BCUT2D eigenvalue weighted by molar-refractivity contribution is 6.30. The molecule has 0 unspecified atom stereocenters. The van der Waals surface area contributed by atoms with E-state index in [0.717, 1.165) is 0 Å². The number of aromatic carboxylic acids is 1. The summed E-state index contributed by atoms with van der Waals surface area (Å²) in [4.78, 5) is 11.1. The first-order valence-electron chi connectivity index (χ1n) is 6.00. The summed E-state index contributed by atoms with van der Waals surface area (Å²) in [7, 11) is 1.36. The van der Waals surface area contributed by atoms with Gasteiger partial charge in [0.15, 0.2) is 11.6 Å². The molecule has 0 aromatic heterocycles. The van der Waals surface area contributed by atoms with E-state index >= 15 is 0 Å². The third-order valence-corrected chi connectivity index (χ3v) is 3.06. The van der Waals surface area contributed by atoms with Crippen molar-refractivity contribution in [3.05, 3.63) is 58.4 Å². The molecule has 0 radical (unpaired) electrons. The van der Waals surface area contributed by atoms with E-state index in [-0.39, 0.29) is 29.2 Å². The van der Waals surface area contributed by atoms with Crippen LogP contribution in [0.3, 0.4) is 0 Å². The van der Waals surface area contributed by atoms with Gasteiger partial charge in [0.2, 0.25) is 0 Å². The minimum atomic E-state index is -1.15. The molecule has 2 rings (SSSR count). The highest BCUT2D eigenvalue weighted by Gasteiger charge is 2.14. The second-order valence-electron chi connectivity index (χ2n) is 4.17. The van der Waals surface area contributed by atoms with Gasteiger partial charge >= 0.3 is 5.97 Å². The molecule has 0 saturated carbocycles. The lowest BCUT2D eigenvalue weighted by molar-refractivity contribution is 0.0691. The van der Waals surface area contributed by atoms with Gasteiger partial charge in [0.25, 0.3) is 0 Å². The van der Waals surface area contributed by atoms with Crippen LogP contribution < -0.4 is 9.47 Å². The summed E-state index contributed by atoms with van der Waals surface area (Å²) in [5.74, 6) is -1.51. The molecule has 2 aromatic carbocycles. The zero-order chi connectivity index (χ0) is 15.4. The molecule has 6 heteroatoms. The number of hydrogen-bond acceptors (Lipinski definition) is 3. The molecule has 0 aliphatic carbocycles. The van der Waals surface area contributed by atoms with Crippen LogP contribution in [0.15, 0.2) is 36.4 Å². The number of methoxy groups -OCH3 is 1. The van der Waals surface area contributed by atoms with E-state index in [4.69, 9.17) is 26.2 Å². The van der Waals surface area contributed by atoms with Gasteiger partial charge in [-0.25, -0.2) is 9.18 Å². The summed E-state index contributed by atoms with van der Waals surface area (Å²) in [5, 5.41) is 9.41. The van der Waals surface area contributed by atoms with Gasteiger partial charge in [-0.15, -0.1) is 0 Å². The van der Waals surface area contributed by atoms with Gasteiger partial charge in [0.05, 0.1) is 7.11 Å². The Labute approximate surface area is 125 Å². The fourth-order valence-electron chi connectivity index (χ4n) is 1.77. The number of ether oxygens (including phenoxy) is 2. The van der Waals surface area contributed by atoms with E-state index < -0.39 is 11.8 Å². The topological polar surface area (TPSA) is 55.8 Å². The Kier molecular flexibility index (Phi) is 4.65. The first-order valence-corrected chi connectivity index (χ1v) is 6.37. The molecule has 0 fully saturated rings. The number of benzene rings is 2. The van der Waals surface area contributed by atoms with E-state index in [9.17, 15) is 9.18 Å². The largest absolute Gasteiger partial charge is 0.494 e. The van der Waals surface area contributed by atoms with Crippen molar-refractivity contribution < 1.29 is 23.8 Å². The molecule has 0 saturated heterocycles. The van der Waals surface area contributed by atoms with E-state index in [0.29, 0.717) is 5.02 Å². The summed E-state index contributed by atoms with van der Waals surface area (Å²) in [6.07, 6.45) is 0. The minimum absolute atomic E-state index is 0.0392. The lowest BCUT2D eigenvalue weighted by Crippen LogP contribution is -2.05. The predicted molar refractivity (Wildman–Crippen MR) is 75.7 cm³/mol. The summed E-state index contributed by atoms with van der Waals surface area (Å²) in [6, 6.07) is 8.80. The zero-order valence-corrected chi connectivity index (χ0v) is 11.9. The molecule has 0 aliphatic heterocycles. The Morgan fingerprint density at radius 1 is 1.29 bits per heavy atom. The normalized spacial score (nSPS) is 10.2. The molecule has 1 N–H and O–H groups in total. The number of carboxylic acid groups (broad SMARTS) is 1. The third-order valence-electron chi connectivity index (χ3n) is 2.82. The van der Waals surface area contributed by atoms with Crippen LogP contribution in [0.2, 0.25) is 5.02 Å². The van der Waals surface area contributed by atoms with Crippen molar-refractivity contribution in [2.45, 2.75) is 6.61 Å². The third kappa shape index (κ3) is 3.44. The van der Waals surface area contributed by atoms with Gasteiger partial charge < -0.3 is 14.6 Å². The van der Waals surface area contributed by atoms with Gasteiger partial charge in [-0.3, -0.25) is 0 Å². The second-order valence-corrected chi connectivity index (χ2v) is 4.60. The highest BCUT2D eigenvalue weighted by Crippen LogP contribution is 2.26. The van der Waals surface area contributed by atoms with Crippen LogP contribution in [0.4, 0.5) is 4.39 Å². The molecule has 0 aliphatic rings. The fourth-order valence-corrected chi connectivity index (χ4v) is 1.94. The van der Waals surface area contributed by atoms with Crippen molar-refractivity contribution >= 4 is 17.6 Å². The molecule has 0 bridgehead atoms. The Balaban J connectivity index is 2.24. The number of rotatable bonds is 5. The fraction of sp³-hybridized carbons (Fsp3) is 0.133. The maximum Gasteiger partial charge on any atom is 0.339 e. The number of carbonyl (C=O) groups is 1. The van der Waals surface area contributed by atoms with E-state index in [1.165, 1.54) is 37.4 Å². The van der Waals surface area contributed by atoms with Crippen LogP contribution in [0.1, 0.15) is 15.9 Å². The van der Waals surface area contributed by atoms with Crippen LogP contribution in [0.25, 0.3) is 0 Å². The first kappa shape index (κ1) is 15.1. The van der Waals surface area contributed by atoms with E-state index in [2.05, 4.69) is 0 Å². The molecule has 0 amide bonds. The highest BCUT2D eigenvalue weighted by atomic mass is 35.5. The Morgan fingerprint density at radius 2 is 2.05 bits per heavy atom. The van der Waals surface area contributed by atoms with Crippen molar-refractivity contribution in [1.29, 1.82) is 0 Å². The average Bonchev–Trinajstić information content (AvgIpc) is 2.46. The van der Waals surface area contributed by atoms with E-state index in [1.807, 2.05) is 0 Å². The van der Waals surface area contributed by atoms with Crippen molar-refractivity contribution in [3.8, 4) is 11.5 Å². The first-order chi connectivity index (χ1) is 10.0. The SMILES string of the molecule is COc1cccc(COc2cc(Cl)ccc2C(=O)O)c1F. The molecule has 110 valence electrons. The van der Waals surface area contributed by atoms with Gasteiger partial charge in [-0.2, -0.15) is 0 Å². The molecule has 2 aromatic rings. The summed E-state index contributed by atoms with van der Waals surface area (Å²) >= 11 is 5.82. The monoisotopic (exact) mass is 310 g/mol. The van der Waals surface area contributed by atoms with Crippen molar-refractivity contribution in [2.75, 3.05) is 7.11 Å². The molecular formula is C15H12ClFO4. The Bertz CT molecular complexity index is 673. The number of hydrogen-bond donors (Lipinski definition) is 1. The predicted octanol–water partition coefficient (Wildman–Crippen LogP) is 3.76. The minimum Gasteiger partial charge on any atom is -0.494 e. The van der Waals surface area contributed by atoms with Crippen LogP contribution in [-0.4, -0.2) is 18.2 Å². The Hall–Kier alpha value is -2.27. The van der Waals surface area contributed by atoms with Crippen molar-refractivity contribution in [3.63, 3.8) is 0 Å². The standard InChI is InChI=1S/C15H12ClFO4/c1-20-12-4-2-3-9(14(12)17)8-21-13-7-10(16)5-6-11(13)15(18)19/h2-7H,8H2,1H3,(H,18,19). The molecule has 0 heterocycles. The van der Waals surface area contributed by atoms with Crippen molar-refractivity contribution in [1.82, 2.24) is 0 Å². The van der Waals surface area contributed by atoms with Crippen LogP contribution in [0.5, 0.6) is 11.5 Å². The molecule has 0 spiro atoms. The molecular weight excluding hydrogens is 299 g/mol. The maximum absolute atomic E-state index is 14.0. The molecule has 0 atom stereocenters. The Morgan fingerprint density at radius 3 is 2.71 bits per heavy atom. The summed E-state index contributed by atoms with van der Waals surface area (Å²) in [6.45, 7) is -0.135. The zero-order valence-electron chi connectivity index (χ0n) is 11.1. The number of halogens is 2. The molecule has 4 nitrogen and oxygen atoms in total. The lowest BCUT2D eigenvalue weighted by Gasteiger charge is -2.11. The lowest BCUT2D eigenvalue weighted by atomic mass is 10.2. The van der Waals surface area contributed by atoms with Crippen LogP contribution >= 0.6 is 11.6 Å². The molecule has 21 heavy (non-hydrogen) atoms. The quantitative estimate of drug-likeness (QED) is 0.913. The van der Waals surface area contributed by atoms with Gasteiger partial charge in [0.1, 0.15) is 17.9 Å². The van der Waals surface area contributed by atoms with Gasteiger partial charge in [-0.05, 0) is 24.3 Å². The summed E-state index contributed by atoms with van der Waals surface area (Å²) in [5.41, 5.74) is 0.216. The smallest absolute Gasteiger partial charge is 0.339 e. The van der Waals surface area contributed by atoms with Crippen molar-refractivity contribution in [2.24, 2.45) is 0 Å².